The molecule has 0 aliphatic rings. The highest BCUT2D eigenvalue weighted by molar-refractivity contribution is 5.96. The van der Waals surface area contributed by atoms with E-state index < -0.39 is 0 Å². The second-order valence-electron chi connectivity index (χ2n) is 7.58. The standard InChI is InChI=1S/C24H27FN4O2/c1-17(30)26-21-9-6-7-19(15-21)24(31)29(2)14-5-3-4-8-22-16-23(28-27-22)18-10-12-20(25)13-11-18/h6-7,9-13,15-16H,3-5,8,14H2,1-2H3,(H,26,30)(H,27,28). The van der Waals surface area contributed by atoms with Crippen molar-refractivity contribution < 1.29 is 14.0 Å². The number of unbranched alkanes of at least 4 members (excludes halogenated alkanes) is 2. The monoisotopic (exact) mass is 422 g/mol. The van der Waals surface area contributed by atoms with Crippen molar-refractivity contribution in [2.24, 2.45) is 0 Å². The number of carbonyl (C=O) groups is 2. The maximum atomic E-state index is 13.0. The van der Waals surface area contributed by atoms with Gasteiger partial charge < -0.3 is 10.2 Å². The zero-order chi connectivity index (χ0) is 22.2. The number of rotatable bonds is 9. The fourth-order valence-electron chi connectivity index (χ4n) is 3.35. The molecule has 2 aromatic carbocycles. The van der Waals surface area contributed by atoms with Gasteiger partial charge in [0.05, 0.1) is 5.69 Å². The predicted octanol–water partition coefficient (Wildman–Crippen LogP) is 4.66. The number of benzene rings is 2. The Morgan fingerprint density at radius 3 is 2.58 bits per heavy atom. The Hall–Kier alpha value is -3.48. The molecule has 0 fully saturated rings. The van der Waals surface area contributed by atoms with Crippen molar-refractivity contribution in [3.8, 4) is 11.3 Å². The molecule has 162 valence electrons. The lowest BCUT2D eigenvalue weighted by Crippen LogP contribution is -2.27. The molecule has 0 radical (unpaired) electrons. The first kappa shape index (κ1) is 22.2. The van der Waals surface area contributed by atoms with Gasteiger partial charge in [0.25, 0.3) is 5.91 Å². The van der Waals surface area contributed by atoms with Crippen molar-refractivity contribution in [2.75, 3.05) is 18.9 Å². The summed E-state index contributed by atoms with van der Waals surface area (Å²) in [6.07, 6.45) is 3.72. The summed E-state index contributed by atoms with van der Waals surface area (Å²) in [5.41, 5.74) is 3.90. The van der Waals surface area contributed by atoms with Crippen LogP contribution in [0.1, 0.15) is 42.2 Å². The van der Waals surface area contributed by atoms with Crippen molar-refractivity contribution in [3.63, 3.8) is 0 Å². The van der Waals surface area contributed by atoms with E-state index in [-0.39, 0.29) is 17.6 Å². The minimum Gasteiger partial charge on any atom is -0.342 e. The number of nitrogens with zero attached hydrogens (tertiary/aromatic N) is 2. The molecule has 0 saturated heterocycles. The highest BCUT2D eigenvalue weighted by atomic mass is 19.1. The number of amides is 2. The van der Waals surface area contributed by atoms with Gasteiger partial charge in [0.15, 0.2) is 0 Å². The van der Waals surface area contributed by atoms with E-state index >= 15 is 0 Å². The number of carbonyl (C=O) groups excluding carboxylic acids is 2. The van der Waals surface area contributed by atoms with E-state index in [9.17, 15) is 14.0 Å². The third kappa shape index (κ3) is 6.50. The normalized spacial score (nSPS) is 10.7. The molecule has 2 N–H and O–H groups in total. The molecule has 1 aromatic heterocycles. The molecule has 2 amide bonds. The molecule has 0 spiro atoms. The first-order valence-corrected chi connectivity index (χ1v) is 10.4. The summed E-state index contributed by atoms with van der Waals surface area (Å²) in [5.74, 6) is -0.492. The number of hydrogen-bond donors (Lipinski definition) is 2. The minimum atomic E-state index is -0.261. The van der Waals surface area contributed by atoms with Crippen LogP contribution in [0.15, 0.2) is 54.6 Å². The van der Waals surface area contributed by atoms with Gasteiger partial charge in [0, 0.05) is 43.0 Å². The van der Waals surface area contributed by atoms with Gasteiger partial charge in [-0.05, 0) is 67.8 Å². The zero-order valence-electron chi connectivity index (χ0n) is 17.8. The number of H-pyrrole nitrogens is 1. The fraction of sp³-hybridized carbons (Fsp3) is 0.292. The van der Waals surface area contributed by atoms with Crippen LogP contribution in [-0.2, 0) is 11.2 Å². The van der Waals surface area contributed by atoms with Crippen molar-refractivity contribution in [2.45, 2.75) is 32.6 Å². The maximum Gasteiger partial charge on any atom is 0.253 e. The van der Waals surface area contributed by atoms with Gasteiger partial charge >= 0.3 is 0 Å². The third-order valence-electron chi connectivity index (χ3n) is 4.99. The SMILES string of the molecule is CC(=O)Nc1cccc(C(=O)N(C)CCCCCc2cc(-c3ccc(F)cc3)n[nH]2)c1. The summed E-state index contributed by atoms with van der Waals surface area (Å²) in [5, 5.41) is 10.0. The lowest BCUT2D eigenvalue weighted by molar-refractivity contribution is -0.114. The molecule has 3 rings (SSSR count). The third-order valence-corrected chi connectivity index (χ3v) is 4.99. The van der Waals surface area contributed by atoms with E-state index in [1.165, 1.54) is 19.1 Å². The Labute approximate surface area is 181 Å². The van der Waals surface area contributed by atoms with E-state index in [4.69, 9.17) is 0 Å². The molecular formula is C24H27FN4O2. The molecule has 0 aliphatic carbocycles. The molecule has 0 aliphatic heterocycles. The number of aryl methyl sites for hydroxylation is 1. The van der Waals surface area contributed by atoms with Gasteiger partial charge in [0.2, 0.25) is 5.91 Å². The Morgan fingerprint density at radius 2 is 1.84 bits per heavy atom. The van der Waals surface area contributed by atoms with E-state index in [2.05, 4.69) is 15.5 Å². The number of aromatic nitrogens is 2. The Morgan fingerprint density at radius 1 is 1.06 bits per heavy atom. The summed E-state index contributed by atoms with van der Waals surface area (Å²) in [7, 11) is 1.79. The van der Waals surface area contributed by atoms with Crippen LogP contribution >= 0.6 is 0 Å². The van der Waals surface area contributed by atoms with E-state index in [0.717, 1.165) is 42.6 Å². The zero-order valence-corrected chi connectivity index (χ0v) is 17.8. The smallest absolute Gasteiger partial charge is 0.253 e. The van der Waals surface area contributed by atoms with Gasteiger partial charge in [-0.3, -0.25) is 14.7 Å². The maximum absolute atomic E-state index is 13.0. The summed E-state index contributed by atoms with van der Waals surface area (Å²) in [6.45, 7) is 2.10. The second-order valence-corrected chi connectivity index (χ2v) is 7.58. The van der Waals surface area contributed by atoms with Crippen LogP contribution in [0.2, 0.25) is 0 Å². The van der Waals surface area contributed by atoms with Crippen LogP contribution in [0, 0.1) is 5.82 Å². The first-order chi connectivity index (χ1) is 14.9. The Balaban J connectivity index is 1.41. The lowest BCUT2D eigenvalue weighted by Gasteiger charge is -2.17. The van der Waals surface area contributed by atoms with Crippen LogP contribution in [0.3, 0.4) is 0 Å². The molecule has 3 aromatic rings. The van der Waals surface area contributed by atoms with Gasteiger partial charge in [0.1, 0.15) is 5.82 Å². The highest BCUT2D eigenvalue weighted by Crippen LogP contribution is 2.19. The summed E-state index contributed by atoms with van der Waals surface area (Å²) >= 11 is 0. The van der Waals surface area contributed by atoms with Gasteiger partial charge in [-0.2, -0.15) is 5.10 Å². The number of halogens is 1. The minimum absolute atomic E-state index is 0.0651. The van der Waals surface area contributed by atoms with Crippen LogP contribution in [0.4, 0.5) is 10.1 Å². The highest BCUT2D eigenvalue weighted by Gasteiger charge is 2.12. The Bertz CT molecular complexity index is 1030. The molecule has 0 saturated carbocycles. The van der Waals surface area contributed by atoms with Crippen LogP contribution in [0.25, 0.3) is 11.3 Å². The van der Waals surface area contributed by atoms with Crippen molar-refractivity contribution in [1.29, 1.82) is 0 Å². The molecule has 0 atom stereocenters. The van der Waals surface area contributed by atoms with E-state index in [1.54, 1.807) is 48.3 Å². The average molecular weight is 423 g/mol. The second kappa shape index (κ2) is 10.5. The summed E-state index contributed by atoms with van der Waals surface area (Å²) in [6, 6.07) is 15.2. The summed E-state index contributed by atoms with van der Waals surface area (Å²) in [4.78, 5) is 25.5. The van der Waals surface area contributed by atoms with Gasteiger partial charge in [-0.1, -0.05) is 12.5 Å². The van der Waals surface area contributed by atoms with Gasteiger partial charge in [-0.25, -0.2) is 4.39 Å². The topological polar surface area (TPSA) is 78.1 Å². The molecule has 0 unspecified atom stereocenters. The molecule has 1 heterocycles. The van der Waals surface area contributed by atoms with E-state index in [0.29, 0.717) is 17.8 Å². The molecular weight excluding hydrogens is 395 g/mol. The van der Waals surface area contributed by atoms with Crippen LogP contribution in [-0.4, -0.2) is 40.5 Å². The number of nitrogens with one attached hydrogen (secondary N) is 2. The summed E-state index contributed by atoms with van der Waals surface area (Å²) < 4.78 is 13.0. The van der Waals surface area contributed by atoms with Crippen molar-refractivity contribution >= 4 is 17.5 Å². The van der Waals surface area contributed by atoms with Crippen LogP contribution < -0.4 is 5.32 Å². The largest absolute Gasteiger partial charge is 0.342 e. The van der Waals surface area contributed by atoms with Gasteiger partial charge in [-0.15, -0.1) is 0 Å². The molecule has 6 nitrogen and oxygen atoms in total. The predicted molar refractivity (Wildman–Crippen MR) is 119 cm³/mol. The first-order valence-electron chi connectivity index (χ1n) is 10.4. The molecule has 7 heteroatoms. The Kier molecular flexibility index (Phi) is 7.54. The van der Waals surface area contributed by atoms with Crippen molar-refractivity contribution in [3.05, 3.63) is 71.7 Å². The molecule has 0 bridgehead atoms. The lowest BCUT2D eigenvalue weighted by atomic mass is 10.1. The molecule has 31 heavy (non-hydrogen) atoms. The van der Waals surface area contributed by atoms with Crippen LogP contribution in [0.5, 0.6) is 0 Å². The quantitative estimate of drug-likeness (QED) is 0.493. The number of aromatic amines is 1. The number of hydrogen-bond acceptors (Lipinski definition) is 3. The number of anilines is 1. The fourth-order valence-corrected chi connectivity index (χ4v) is 3.35. The van der Waals surface area contributed by atoms with Crippen molar-refractivity contribution in [1.82, 2.24) is 15.1 Å². The average Bonchev–Trinajstić information content (AvgIpc) is 3.22. The van der Waals surface area contributed by atoms with E-state index in [1.807, 2.05) is 6.07 Å².